The highest BCUT2D eigenvalue weighted by atomic mass is 16.5. The molecule has 0 radical (unpaired) electrons. The van der Waals surface area contributed by atoms with Crippen LogP contribution in [0, 0.1) is 13.8 Å². The van der Waals surface area contributed by atoms with Crippen LogP contribution in [-0.4, -0.2) is 20.6 Å². The molecule has 6 heteroatoms. The van der Waals surface area contributed by atoms with E-state index in [0.29, 0.717) is 17.4 Å². The van der Waals surface area contributed by atoms with Crippen LogP contribution in [0.3, 0.4) is 0 Å². The molecule has 0 aliphatic carbocycles. The molecule has 0 unspecified atom stereocenters. The molecule has 2 heterocycles. The van der Waals surface area contributed by atoms with Crippen molar-refractivity contribution >= 4 is 11.6 Å². The molecule has 0 saturated carbocycles. The number of benzene rings is 2. The zero-order chi connectivity index (χ0) is 19.5. The Morgan fingerprint density at radius 3 is 2.50 bits per heavy atom. The van der Waals surface area contributed by atoms with E-state index in [1.54, 1.807) is 4.57 Å². The predicted octanol–water partition coefficient (Wildman–Crippen LogP) is 4.46. The maximum Gasteiger partial charge on any atom is 0.274 e. The Morgan fingerprint density at radius 2 is 1.75 bits per heavy atom. The molecule has 0 atom stereocenters. The van der Waals surface area contributed by atoms with E-state index in [2.05, 4.69) is 15.5 Å². The summed E-state index contributed by atoms with van der Waals surface area (Å²) in [6, 6.07) is 19.3. The molecule has 1 amide bonds. The molecule has 0 saturated heterocycles. The number of aryl methyl sites for hydroxylation is 2. The molecule has 4 aromatic rings. The zero-order valence-electron chi connectivity index (χ0n) is 15.7. The summed E-state index contributed by atoms with van der Waals surface area (Å²) in [5.41, 5.74) is 4.50. The van der Waals surface area contributed by atoms with Crippen LogP contribution in [0.5, 0.6) is 0 Å². The largest absolute Gasteiger partial charge is 0.334 e. The summed E-state index contributed by atoms with van der Waals surface area (Å²) in [5, 5.41) is 7.05. The van der Waals surface area contributed by atoms with Gasteiger partial charge >= 0.3 is 0 Å². The van der Waals surface area contributed by atoms with E-state index in [0.717, 1.165) is 22.4 Å². The molecule has 2 aromatic carbocycles. The third-order valence-corrected chi connectivity index (χ3v) is 4.57. The number of hydrogen-bond donors (Lipinski definition) is 1. The lowest BCUT2D eigenvalue weighted by molar-refractivity contribution is -0.116. The third kappa shape index (κ3) is 3.57. The molecular weight excluding hydrogens is 352 g/mol. The van der Waals surface area contributed by atoms with Gasteiger partial charge in [0.05, 0.1) is 0 Å². The van der Waals surface area contributed by atoms with Crippen molar-refractivity contribution in [2.75, 3.05) is 5.32 Å². The van der Waals surface area contributed by atoms with Gasteiger partial charge in [0, 0.05) is 17.4 Å². The van der Waals surface area contributed by atoms with Gasteiger partial charge in [-0.2, -0.15) is 4.98 Å². The summed E-state index contributed by atoms with van der Waals surface area (Å²) in [6.07, 6.45) is 1.83. The molecule has 0 fully saturated rings. The standard InChI is InChI=1S/C22H20N4O2/c1-15-8-6-9-16(2)20(15)23-19(27)14-26-13-7-12-18(26)22-24-21(25-28-22)17-10-4-3-5-11-17/h3-13H,14H2,1-2H3,(H,23,27). The fraction of sp³-hybridized carbons (Fsp3) is 0.136. The van der Waals surface area contributed by atoms with Crippen molar-refractivity contribution in [2.45, 2.75) is 20.4 Å². The monoisotopic (exact) mass is 372 g/mol. The molecule has 1 N–H and O–H groups in total. The maximum absolute atomic E-state index is 12.6. The smallest absolute Gasteiger partial charge is 0.274 e. The number of anilines is 1. The van der Waals surface area contributed by atoms with Crippen LogP contribution in [0.2, 0.25) is 0 Å². The summed E-state index contributed by atoms with van der Waals surface area (Å²) >= 11 is 0. The minimum atomic E-state index is -0.113. The molecule has 140 valence electrons. The first-order valence-electron chi connectivity index (χ1n) is 9.02. The highest BCUT2D eigenvalue weighted by molar-refractivity contribution is 5.92. The number of hydrogen-bond acceptors (Lipinski definition) is 4. The third-order valence-electron chi connectivity index (χ3n) is 4.57. The lowest BCUT2D eigenvalue weighted by Gasteiger charge is -2.12. The van der Waals surface area contributed by atoms with E-state index in [1.807, 2.05) is 80.7 Å². The number of carbonyl (C=O) groups excluding carboxylic acids is 1. The number of para-hydroxylation sites is 1. The number of aromatic nitrogens is 3. The van der Waals surface area contributed by atoms with Gasteiger partial charge in [0.25, 0.3) is 5.89 Å². The Hall–Kier alpha value is -3.67. The van der Waals surface area contributed by atoms with E-state index in [-0.39, 0.29) is 12.5 Å². The minimum absolute atomic E-state index is 0.113. The fourth-order valence-electron chi connectivity index (χ4n) is 3.12. The van der Waals surface area contributed by atoms with E-state index in [4.69, 9.17) is 4.52 Å². The van der Waals surface area contributed by atoms with Gasteiger partial charge in [-0.1, -0.05) is 53.7 Å². The van der Waals surface area contributed by atoms with E-state index >= 15 is 0 Å². The van der Waals surface area contributed by atoms with Crippen LogP contribution in [0.1, 0.15) is 11.1 Å². The first-order chi connectivity index (χ1) is 13.6. The fourth-order valence-corrected chi connectivity index (χ4v) is 3.12. The second kappa shape index (κ2) is 7.52. The highest BCUT2D eigenvalue weighted by Gasteiger charge is 2.16. The molecule has 0 aliphatic heterocycles. The van der Waals surface area contributed by atoms with Gasteiger partial charge in [-0.05, 0) is 37.1 Å². The topological polar surface area (TPSA) is 73.0 Å². The zero-order valence-corrected chi connectivity index (χ0v) is 15.7. The van der Waals surface area contributed by atoms with Crippen molar-refractivity contribution in [3.8, 4) is 23.0 Å². The summed E-state index contributed by atoms with van der Waals surface area (Å²) in [6.45, 7) is 4.11. The molecule has 0 bridgehead atoms. The highest BCUT2D eigenvalue weighted by Crippen LogP contribution is 2.23. The molecule has 4 rings (SSSR count). The van der Waals surface area contributed by atoms with Gasteiger partial charge in [-0.25, -0.2) is 0 Å². The Kier molecular flexibility index (Phi) is 4.76. The van der Waals surface area contributed by atoms with Gasteiger partial charge in [-0.15, -0.1) is 0 Å². The summed E-state index contributed by atoms with van der Waals surface area (Å²) in [4.78, 5) is 17.1. The molecule has 0 aliphatic rings. The number of nitrogens with zero attached hydrogens (tertiary/aromatic N) is 3. The van der Waals surface area contributed by atoms with Crippen LogP contribution >= 0.6 is 0 Å². The molecule has 0 spiro atoms. The van der Waals surface area contributed by atoms with Crippen LogP contribution in [-0.2, 0) is 11.3 Å². The van der Waals surface area contributed by atoms with Gasteiger partial charge in [0.2, 0.25) is 11.7 Å². The normalized spacial score (nSPS) is 10.8. The van der Waals surface area contributed by atoms with Crippen molar-refractivity contribution in [3.05, 3.63) is 78.0 Å². The van der Waals surface area contributed by atoms with Crippen molar-refractivity contribution < 1.29 is 9.32 Å². The van der Waals surface area contributed by atoms with Crippen LogP contribution in [0.4, 0.5) is 5.69 Å². The van der Waals surface area contributed by atoms with Crippen molar-refractivity contribution in [1.82, 2.24) is 14.7 Å². The average molecular weight is 372 g/mol. The summed E-state index contributed by atoms with van der Waals surface area (Å²) in [5.74, 6) is 0.782. The van der Waals surface area contributed by atoms with E-state index < -0.39 is 0 Å². The second-order valence-corrected chi connectivity index (χ2v) is 6.63. The van der Waals surface area contributed by atoms with Crippen molar-refractivity contribution in [2.24, 2.45) is 0 Å². The summed E-state index contributed by atoms with van der Waals surface area (Å²) < 4.78 is 7.23. The molecule has 2 aromatic heterocycles. The van der Waals surface area contributed by atoms with E-state index in [1.165, 1.54) is 0 Å². The van der Waals surface area contributed by atoms with E-state index in [9.17, 15) is 4.79 Å². The van der Waals surface area contributed by atoms with Crippen LogP contribution in [0.15, 0.2) is 71.4 Å². The van der Waals surface area contributed by atoms with Crippen LogP contribution < -0.4 is 5.32 Å². The Morgan fingerprint density at radius 1 is 1.00 bits per heavy atom. The Balaban J connectivity index is 1.54. The predicted molar refractivity (Wildman–Crippen MR) is 108 cm³/mol. The lowest BCUT2D eigenvalue weighted by atomic mass is 10.1. The number of rotatable bonds is 5. The molecule has 6 nitrogen and oxygen atoms in total. The van der Waals surface area contributed by atoms with Gasteiger partial charge in [0.15, 0.2) is 0 Å². The van der Waals surface area contributed by atoms with Crippen LogP contribution in [0.25, 0.3) is 23.0 Å². The Bertz CT molecular complexity index is 1090. The second-order valence-electron chi connectivity index (χ2n) is 6.63. The maximum atomic E-state index is 12.6. The SMILES string of the molecule is Cc1cccc(C)c1NC(=O)Cn1cccc1-c1nc(-c2ccccc2)no1. The number of amides is 1. The van der Waals surface area contributed by atoms with Gasteiger partial charge in [0.1, 0.15) is 12.2 Å². The Labute approximate surface area is 162 Å². The number of nitrogens with one attached hydrogen (secondary N) is 1. The number of carbonyl (C=O) groups is 1. The lowest BCUT2D eigenvalue weighted by Crippen LogP contribution is -2.20. The summed E-state index contributed by atoms with van der Waals surface area (Å²) in [7, 11) is 0. The minimum Gasteiger partial charge on any atom is -0.334 e. The quantitative estimate of drug-likeness (QED) is 0.561. The van der Waals surface area contributed by atoms with Crippen molar-refractivity contribution in [1.29, 1.82) is 0 Å². The molecular formula is C22H20N4O2. The average Bonchev–Trinajstić information content (AvgIpc) is 3.35. The first kappa shape index (κ1) is 17.7. The van der Waals surface area contributed by atoms with Gasteiger partial charge in [-0.3, -0.25) is 4.79 Å². The molecule has 28 heavy (non-hydrogen) atoms. The van der Waals surface area contributed by atoms with Gasteiger partial charge < -0.3 is 14.4 Å². The first-order valence-corrected chi connectivity index (χ1v) is 9.02. The van der Waals surface area contributed by atoms with Crippen molar-refractivity contribution in [3.63, 3.8) is 0 Å².